The zero-order chi connectivity index (χ0) is 19.2. The zero-order valence-corrected chi connectivity index (χ0v) is 16.8. The average Bonchev–Trinajstić information content (AvgIpc) is 3.23. The molecular weight excluding hydrogens is 344 g/mol. The summed E-state index contributed by atoms with van der Waals surface area (Å²) in [5.74, 6) is 1.43. The quantitative estimate of drug-likeness (QED) is 0.732. The van der Waals surface area contributed by atoms with E-state index < -0.39 is 0 Å². The molecule has 1 aromatic carbocycles. The van der Waals surface area contributed by atoms with Gasteiger partial charge in [0.2, 0.25) is 0 Å². The number of piperidine rings is 1. The highest BCUT2D eigenvalue weighted by atomic mass is 16.5. The summed E-state index contributed by atoms with van der Waals surface area (Å²) >= 11 is 0. The molecule has 0 bridgehead atoms. The second-order valence-electron chi connectivity index (χ2n) is 7.52. The maximum absolute atomic E-state index is 12.9. The molecule has 6 heteroatoms. The van der Waals surface area contributed by atoms with Gasteiger partial charge < -0.3 is 19.1 Å². The van der Waals surface area contributed by atoms with E-state index in [9.17, 15) is 4.79 Å². The van der Waals surface area contributed by atoms with Gasteiger partial charge in [0.25, 0.3) is 5.91 Å². The van der Waals surface area contributed by atoms with Crippen LogP contribution in [0.2, 0.25) is 0 Å². The summed E-state index contributed by atoms with van der Waals surface area (Å²) < 4.78 is 16.9. The molecule has 0 spiro atoms. The second kappa shape index (κ2) is 9.42. The molecule has 27 heavy (non-hydrogen) atoms. The van der Waals surface area contributed by atoms with Gasteiger partial charge >= 0.3 is 0 Å². The molecule has 0 radical (unpaired) electrons. The normalized spacial score (nSPS) is 19.9. The maximum Gasteiger partial charge on any atom is 0.257 e. The first-order valence-electron chi connectivity index (χ1n) is 9.99. The first-order chi connectivity index (χ1) is 13.1. The third kappa shape index (κ3) is 4.93. The largest absolute Gasteiger partial charge is 0.497 e. The molecule has 0 N–H and O–H groups in total. The average molecular weight is 376 g/mol. The topological polar surface area (TPSA) is 51.2 Å². The minimum absolute atomic E-state index is 0.0660. The van der Waals surface area contributed by atoms with E-state index in [1.807, 2.05) is 23.1 Å². The zero-order valence-electron chi connectivity index (χ0n) is 16.8. The number of nitrogens with zero attached hydrogens (tertiary/aromatic N) is 2. The molecule has 2 aliphatic heterocycles. The lowest BCUT2D eigenvalue weighted by atomic mass is 10.1. The van der Waals surface area contributed by atoms with Gasteiger partial charge in [-0.05, 0) is 44.7 Å². The predicted molar refractivity (Wildman–Crippen MR) is 105 cm³/mol. The van der Waals surface area contributed by atoms with Gasteiger partial charge in [-0.25, -0.2) is 0 Å². The van der Waals surface area contributed by atoms with Crippen LogP contribution in [0.3, 0.4) is 0 Å². The molecule has 0 saturated carbocycles. The number of ether oxygens (including phenoxy) is 3. The molecule has 2 aliphatic rings. The molecule has 1 atom stereocenters. The Morgan fingerprint density at radius 2 is 1.85 bits per heavy atom. The van der Waals surface area contributed by atoms with Crippen LogP contribution in [0.15, 0.2) is 18.2 Å². The molecule has 150 valence electrons. The van der Waals surface area contributed by atoms with Crippen LogP contribution in [0.25, 0.3) is 0 Å². The number of hydrogen-bond donors (Lipinski definition) is 0. The van der Waals surface area contributed by atoms with Gasteiger partial charge in [0, 0.05) is 45.4 Å². The smallest absolute Gasteiger partial charge is 0.257 e. The van der Waals surface area contributed by atoms with Crippen molar-refractivity contribution in [3.8, 4) is 11.5 Å². The predicted octanol–water partition coefficient (Wildman–Crippen LogP) is 2.81. The van der Waals surface area contributed by atoms with Gasteiger partial charge in [0.05, 0.1) is 19.3 Å². The van der Waals surface area contributed by atoms with E-state index in [1.54, 1.807) is 14.2 Å². The van der Waals surface area contributed by atoms with Crippen LogP contribution in [0.4, 0.5) is 0 Å². The van der Waals surface area contributed by atoms with E-state index >= 15 is 0 Å². The van der Waals surface area contributed by atoms with Crippen molar-refractivity contribution >= 4 is 5.91 Å². The van der Waals surface area contributed by atoms with E-state index in [-0.39, 0.29) is 12.0 Å². The van der Waals surface area contributed by atoms with Gasteiger partial charge in [-0.3, -0.25) is 9.69 Å². The van der Waals surface area contributed by atoms with Crippen molar-refractivity contribution in [3.05, 3.63) is 23.8 Å². The summed E-state index contributed by atoms with van der Waals surface area (Å²) in [7, 11) is 3.38. The summed E-state index contributed by atoms with van der Waals surface area (Å²) in [6, 6.07) is 5.94. The third-order valence-electron chi connectivity index (χ3n) is 5.61. The highest BCUT2D eigenvalue weighted by Crippen LogP contribution is 2.30. The lowest BCUT2D eigenvalue weighted by Crippen LogP contribution is -2.44. The molecule has 1 amide bonds. The molecule has 3 rings (SSSR count). The van der Waals surface area contributed by atoms with Crippen LogP contribution in [-0.2, 0) is 4.74 Å². The number of carbonyl (C=O) groups is 1. The number of hydrogen-bond acceptors (Lipinski definition) is 5. The minimum Gasteiger partial charge on any atom is -0.497 e. The SMILES string of the molecule is COC[C@@H](C)N1CCC(Oc2cc(OC)ccc2C(=O)N2CCCC2)CC1. The van der Waals surface area contributed by atoms with Crippen LogP contribution >= 0.6 is 0 Å². The first kappa shape index (κ1) is 20.0. The van der Waals surface area contributed by atoms with Gasteiger partial charge in [0.15, 0.2) is 0 Å². The molecule has 0 unspecified atom stereocenters. The molecule has 1 aromatic rings. The summed E-state index contributed by atoms with van der Waals surface area (Å²) in [5, 5.41) is 0. The molecule has 2 saturated heterocycles. The maximum atomic E-state index is 12.9. The van der Waals surface area contributed by atoms with Crippen LogP contribution in [0.1, 0.15) is 43.0 Å². The van der Waals surface area contributed by atoms with E-state index in [2.05, 4.69) is 11.8 Å². The fourth-order valence-electron chi connectivity index (χ4n) is 3.95. The highest BCUT2D eigenvalue weighted by Gasteiger charge is 2.27. The van der Waals surface area contributed by atoms with Crippen molar-refractivity contribution in [2.75, 3.05) is 47.0 Å². The Bertz CT molecular complexity index is 623. The van der Waals surface area contributed by atoms with Gasteiger partial charge in [-0.15, -0.1) is 0 Å². The van der Waals surface area contributed by atoms with Crippen molar-refractivity contribution < 1.29 is 19.0 Å². The molecule has 6 nitrogen and oxygen atoms in total. The summed E-state index contributed by atoms with van der Waals surface area (Å²) in [5.41, 5.74) is 0.646. The lowest BCUT2D eigenvalue weighted by molar-refractivity contribution is 0.0466. The summed E-state index contributed by atoms with van der Waals surface area (Å²) in [6.07, 6.45) is 4.17. The lowest BCUT2D eigenvalue weighted by Gasteiger charge is -2.36. The van der Waals surface area contributed by atoms with Crippen molar-refractivity contribution in [2.24, 2.45) is 0 Å². The molecular formula is C21H32N2O4. The Morgan fingerprint density at radius 1 is 1.15 bits per heavy atom. The summed E-state index contributed by atoms with van der Waals surface area (Å²) in [4.78, 5) is 17.3. The standard InChI is InChI=1S/C21H32N2O4/c1-16(15-25-2)22-12-8-17(9-13-22)27-20-14-18(26-3)6-7-19(20)21(24)23-10-4-5-11-23/h6-7,14,16-17H,4-5,8-13,15H2,1-3H3/t16-/m1/s1. The number of amides is 1. The Labute approximate surface area is 162 Å². The molecule has 0 aromatic heterocycles. The van der Waals surface area contributed by atoms with Gasteiger partial charge in [0.1, 0.15) is 17.6 Å². The van der Waals surface area contributed by atoms with Crippen LogP contribution < -0.4 is 9.47 Å². The minimum atomic E-state index is 0.0660. The van der Waals surface area contributed by atoms with Crippen molar-refractivity contribution in [1.82, 2.24) is 9.80 Å². The number of methoxy groups -OCH3 is 2. The van der Waals surface area contributed by atoms with E-state index in [1.165, 1.54) is 0 Å². The van der Waals surface area contributed by atoms with E-state index in [4.69, 9.17) is 14.2 Å². The molecule has 2 heterocycles. The van der Waals surface area contributed by atoms with Crippen molar-refractivity contribution in [3.63, 3.8) is 0 Å². The number of likely N-dealkylation sites (tertiary alicyclic amines) is 2. The Hall–Kier alpha value is -1.79. The van der Waals surface area contributed by atoms with Gasteiger partial charge in [-0.2, -0.15) is 0 Å². The number of carbonyl (C=O) groups excluding carboxylic acids is 1. The fourth-order valence-corrected chi connectivity index (χ4v) is 3.95. The Kier molecular flexibility index (Phi) is 6.96. The van der Waals surface area contributed by atoms with Crippen LogP contribution in [-0.4, -0.2) is 74.9 Å². The number of rotatable bonds is 7. The van der Waals surface area contributed by atoms with Crippen LogP contribution in [0, 0.1) is 0 Å². The monoisotopic (exact) mass is 376 g/mol. The van der Waals surface area contributed by atoms with Crippen molar-refractivity contribution in [2.45, 2.75) is 44.8 Å². The van der Waals surface area contributed by atoms with E-state index in [0.29, 0.717) is 23.1 Å². The molecule has 2 fully saturated rings. The Morgan fingerprint density at radius 3 is 2.48 bits per heavy atom. The summed E-state index contributed by atoms with van der Waals surface area (Å²) in [6.45, 7) is 6.57. The van der Waals surface area contributed by atoms with Gasteiger partial charge in [-0.1, -0.05) is 0 Å². The first-order valence-corrected chi connectivity index (χ1v) is 9.99. The van der Waals surface area contributed by atoms with Crippen molar-refractivity contribution in [1.29, 1.82) is 0 Å². The molecule has 0 aliphatic carbocycles. The van der Waals surface area contributed by atoms with E-state index in [0.717, 1.165) is 58.5 Å². The second-order valence-corrected chi connectivity index (χ2v) is 7.52. The highest BCUT2D eigenvalue weighted by molar-refractivity contribution is 5.97. The Balaban J connectivity index is 1.67. The fraction of sp³-hybridized carbons (Fsp3) is 0.667. The van der Waals surface area contributed by atoms with Crippen LogP contribution in [0.5, 0.6) is 11.5 Å². The number of benzene rings is 1. The third-order valence-corrected chi connectivity index (χ3v) is 5.61.